The van der Waals surface area contributed by atoms with E-state index in [-0.39, 0.29) is 17.5 Å². The average molecular weight is 367 g/mol. The number of hydrogen-bond donors (Lipinski definition) is 0. The quantitative estimate of drug-likeness (QED) is 0.451. The van der Waals surface area contributed by atoms with Gasteiger partial charge in [-0.25, -0.2) is 9.97 Å². The zero-order valence-electron chi connectivity index (χ0n) is 10.4. The van der Waals surface area contributed by atoms with Gasteiger partial charge in [-0.15, -0.1) is 0 Å². The molecule has 0 fully saturated rings. The number of hydrogen-bond acceptors (Lipinski definition) is 7. The Hall–Kier alpha value is -2.18. The first-order chi connectivity index (χ1) is 10.1. The lowest BCUT2D eigenvalue weighted by atomic mass is 10.2. The highest BCUT2D eigenvalue weighted by Gasteiger charge is 2.13. The molecule has 0 amide bonds. The summed E-state index contributed by atoms with van der Waals surface area (Å²) in [5, 5.41) is 21.3. The lowest BCUT2D eigenvalue weighted by Crippen LogP contribution is -1.96. The van der Waals surface area contributed by atoms with Crippen LogP contribution in [0.15, 0.2) is 35.1 Å². The van der Waals surface area contributed by atoms with Crippen molar-refractivity contribution in [3.63, 3.8) is 0 Å². The summed E-state index contributed by atoms with van der Waals surface area (Å²) in [6, 6.07) is 4.29. The van der Waals surface area contributed by atoms with Crippen LogP contribution in [0, 0.1) is 20.8 Å². The molecule has 0 spiro atoms. The van der Waals surface area contributed by atoms with E-state index in [1.54, 1.807) is 0 Å². The molecule has 9 heteroatoms. The number of thioether (sulfide) groups is 1. The molecule has 0 aliphatic heterocycles. The highest BCUT2D eigenvalue weighted by atomic mass is 79.9. The number of aromatic nitrogens is 2. The maximum absolute atomic E-state index is 10.8. The first-order valence-electron chi connectivity index (χ1n) is 5.53. The molecule has 0 atom stereocenters. The number of nitro groups is 1. The van der Waals surface area contributed by atoms with Gasteiger partial charge in [-0.1, -0.05) is 0 Å². The van der Waals surface area contributed by atoms with Crippen LogP contribution in [0.3, 0.4) is 0 Å². The third kappa shape index (κ3) is 4.14. The molecule has 0 N–H and O–H groups in total. The van der Waals surface area contributed by atoms with Crippen molar-refractivity contribution >= 4 is 33.4 Å². The van der Waals surface area contributed by atoms with Gasteiger partial charge in [0, 0.05) is 35.8 Å². The van der Waals surface area contributed by atoms with Gasteiger partial charge in [0.2, 0.25) is 0 Å². The number of benzene rings is 1. The highest BCUT2D eigenvalue weighted by Crippen LogP contribution is 2.30. The molecule has 0 saturated heterocycles. The Balaban J connectivity index is 2.30. The van der Waals surface area contributed by atoms with Crippen molar-refractivity contribution in [3.8, 4) is 17.2 Å². The lowest BCUT2D eigenvalue weighted by molar-refractivity contribution is -0.384. The number of rotatable bonds is 5. The van der Waals surface area contributed by atoms with Gasteiger partial charge in [0.25, 0.3) is 5.69 Å². The molecule has 106 valence electrons. The van der Waals surface area contributed by atoms with Crippen molar-refractivity contribution in [3.05, 3.63) is 50.7 Å². The molecule has 1 aromatic heterocycles. The van der Waals surface area contributed by atoms with E-state index in [4.69, 9.17) is 10.00 Å². The fourth-order valence-electron chi connectivity index (χ4n) is 1.45. The van der Waals surface area contributed by atoms with Crippen LogP contribution in [-0.4, -0.2) is 14.9 Å². The Labute approximate surface area is 132 Å². The van der Waals surface area contributed by atoms with Crippen molar-refractivity contribution in [2.45, 2.75) is 5.75 Å². The number of halogens is 1. The molecular weight excluding hydrogens is 360 g/mol. The fraction of sp³-hybridized carbons (Fsp3) is 0.0833. The van der Waals surface area contributed by atoms with E-state index in [9.17, 15) is 10.1 Å². The highest BCUT2D eigenvalue weighted by molar-refractivity contribution is 9.10. The SMILES string of the molecule is N#CSCc1cc([N+](=O)[O-])ccc1Oc1ncc(Br)cn1. The molecule has 21 heavy (non-hydrogen) atoms. The monoisotopic (exact) mass is 366 g/mol. The topological polar surface area (TPSA) is 102 Å². The number of ether oxygens (including phenoxy) is 1. The Morgan fingerprint density at radius 1 is 1.43 bits per heavy atom. The Bertz CT molecular complexity index is 703. The van der Waals surface area contributed by atoms with Crippen molar-refractivity contribution in [1.82, 2.24) is 9.97 Å². The van der Waals surface area contributed by atoms with Crippen LogP contribution in [0.5, 0.6) is 11.8 Å². The zero-order chi connectivity index (χ0) is 15.2. The minimum absolute atomic E-state index is 0.0624. The normalized spacial score (nSPS) is 9.90. The molecule has 2 rings (SSSR count). The molecule has 1 heterocycles. The summed E-state index contributed by atoms with van der Waals surface area (Å²) in [4.78, 5) is 18.2. The van der Waals surface area contributed by atoms with Gasteiger partial charge in [0.1, 0.15) is 11.2 Å². The summed E-state index contributed by atoms with van der Waals surface area (Å²) in [5.74, 6) is 0.648. The van der Waals surface area contributed by atoms with Crippen LogP contribution < -0.4 is 4.74 Å². The molecule has 2 aromatic rings. The van der Waals surface area contributed by atoms with Gasteiger partial charge >= 0.3 is 6.01 Å². The second kappa shape index (κ2) is 7.01. The second-order valence-corrected chi connectivity index (χ2v) is 5.39. The summed E-state index contributed by atoms with van der Waals surface area (Å²) in [5.41, 5.74) is 0.467. The Morgan fingerprint density at radius 2 is 2.14 bits per heavy atom. The third-order valence-electron chi connectivity index (χ3n) is 2.34. The summed E-state index contributed by atoms with van der Waals surface area (Å²) >= 11 is 4.17. The summed E-state index contributed by atoms with van der Waals surface area (Å²) in [7, 11) is 0. The van der Waals surface area contributed by atoms with Crippen LogP contribution in [0.25, 0.3) is 0 Å². The van der Waals surface area contributed by atoms with Crippen molar-refractivity contribution in [2.75, 3.05) is 0 Å². The number of non-ortho nitro benzene ring substituents is 1. The first kappa shape index (κ1) is 15.2. The van der Waals surface area contributed by atoms with Crippen molar-refractivity contribution in [1.29, 1.82) is 5.26 Å². The van der Waals surface area contributed by atoms with E-state index in [1.807, 2.05) is 5.40 Å². The molecule has 0 saturated carbocycles. The predicted molar refractivity (Wildman–Crippen MR) is 79.8 cm³/mol. The molecular formula is C12H7BrN4O3S. The van der Waals surface area contributed by atoms with Gasteiger partial charge in [-0.3, -0.25) is 10.1 Å². The molecule has 0 bridgehead atoms. The van der Waals surface area contributed by atoms with Crippen molar-refractivity contribution in [2.24, 2.45) is 0 Å². The van der Waals surface area contributed by atoms with Gasteiger partial charge in [0.15, 0.2) is 0 Å². The van der Waals surface area contributed by atoms with Gasteiger partial charge in [0.05, 0.1) is 9.40 Å². The van der Waals surface area contributed by atoms with Gasteiger partial charge in [-0.05, 0) is 33.8 Å². The van der Waals surface area contributed by atoms with Crippen LogP contribution in [0.2, 0.25) is 0 Å². The Kier molecular flexibility index (Phi) is 5.08. The average Bonchev–Trinajstić information content (AvgIpc) is 2.48. The number of nitro benzene ring substituents is 1. The minimum Gasteiger partial charge on any atom is -0.424 e. The van der Waals surface area contributed by atoms with Gasteiger partial charge < -0.3 is 4.74 Å². The summed E-state index contributed by atoms with van der Waals surface area (Å²) < 4.78 is 6.22. The maximum Gasteiger partial charge on any atom is 0.321 e. The minimum atomic E-state index is -0.500. The third-order valence-corrected chi connectivity index (χ3v) is 3.34. The van der Waals surface area contributed by atoms with Crippen molar-refractivity contribution < 1.29 is 9.66 Å². The van der Waals surface area contributed by atoms with E-state index < -0.39 is 4.92 Å². The number of nitrogens with zero attached hydrogens (tertiary/aromatic N) is 4. The number of thiocyanates is 1. The van der Waals surface area contributed by atoms with E-state index in [2.05, 4.69) is 25.9 Å². The molecule has 0 unspecified atom stereocenters. The van der Waals surface area contributed by atoms with Gasteiger partial charge in [-0.2, -0.15) is 5.26 Å². The zero-order valence-corrected chi connectivity index (χ0v) is 12.8. The fourth-order valence-corrected chi connectivity index (χ4v) is 2.10. The molecule has 0 aliphatic rings. The maximum atomic E-state index is 10.8. The molecule has 7 nitrogen and oxygen atoms in total. The lowest BCUT2D eigenvalue weighted by Gasteiger charge is -2.08. The van der Waals surface area contributed by atoms with E-state index >= 15 is 0 Å². The second-order valence-electron chi connectivity index (χ2n) is 3.72. The van der Waals surface area contributed by atoms with Crippen LogP contribution in [0.1, 0.15) is 5.56 Å². The predicted octanol–water partition coefficient (Wildman–Crippen LogP) is 3.65. The standard InChI is InChI=1S/C12H7BrN4O3S/c13-9-4-15-12(16-5-9)20-11-2-1-10(17(18)19)3-8(11)6-21-7-14/h1-5H,6H2. The molecule has 0 aliphatic carbocycles. The first-order valence-corrected chi connectivity index (χ1v) is 7.31. The summed E-state index contributed by atoms with van der Waals surface area (Å²) in [6.07, 6.45) is 3.05. The Morgan fingerprint density at radius 3 is 2.76 bits per heavy atom. The van der Waals surface area contributed by atoms with Crippen LogP contribution >= 0.6 is 27.7 Å². The van der Waals surface area contributed by atoms with E-state index in [1.165, 1.54) is 30.6 Å². The van der Waals surface area contributed by atoms with Crippen LogP contribution in [0.4, 0.5) is 5.69 Å². The van der Waals surface area contributed by atoms with E-state index in [0.717, 1.165) is 11.8 Å². The molecule has 1 aromatic carbocycles. The summed E-state index contributed by atoms with van der Waals surface area (Å²) in [6.45, 7) is 0. The number of nitriles is 1. The largest absolute Gasteiger partial charge is 0.424 e. The molecule has 0 radical (unpaired) electrons. The van der Waals surface area contributed by atoms with Crippen LogP contribution in [-0.2, 0) is 5.75 Å². The van der Waals surface area contributed by atoms with E-state index in [0.29, 0.717) is 15.8 Å². The smallest absolute Gasteiger partial charge is 0.321 e.